The lowest BCUT2D eigenvalue weighted by Crippen LogP contribution is -2.42. The third-order valence-electron chi connectivity index (χ3n) is 1.51. The Morgan fingerprint density at radius 3 is 1.35 bits per heavy atom. The Morgan fingerprint density at radius 1 is 0.765 bits per heavy atom. The van der Waals surface area contributed by atoms with E-state index >= 15 is 0 Å². The molecule has 0 aliphatic rings. The summed E-state index contributed by atoms with van der Waals surface area (Å²) >= 11 is 0. The number of hydrogen-bond donors (Lipinski definition) is 3. The molecule has 0 fully saturated rings. The first kappa shape index (κ1) is 16.6. The predicted octanol–water partition coefficient (Wildman–Crippen LogP) is -2.37. The van der Waals surface area contributed by atoms with Gasteiger partial charge in [0.05, 0.1) is 0 Å². The second kappa shape index (κ2) is 5.11. The van der Waals surface area contributed by atoms with Crippen molar-refractivity contribution >= 4 is 30.9 Å². The van der Waals surface area contributed by atoms with Gasteiger partial charge >= 0.3 is 30.9 Å². The summed E-state index contributed by atoms with van der Waals surface area (Å²) in [5, 5.41) is 0. The van der Waals surface area contributed by atoms with Crippen LogP contribution in [0.1, 0.15) is 0 Å². The van der Waals surface area contributed by atoms with E-state index in [-0.39, 0.29) is 4.31 Å². The zero-order valence-electron chi connectivity index (χ0n) is 8.32. The Labute approximate surface area is 98.3 Å². The number of nitrogens with zero attached hydrogens (tertiary/aromatic N) is 2. The number of hydrogen-bond acceptors (Lipinski definition) is 6. The van der Waals surface area contributed by atoms with Crippen molar-refractivity contribution in [1.29, 1.82) is 0 Å². The second-order valence-electron chi connectivity index (χ2n) is 2.75. The SMILES string of the molecule is CN(CCN(S(=O)(=O)O)S(=O)(=O)O)S(=O)(=O)O. The third-order valence-corrected chi connectivity index (χ3v) is 5.00. The fourth-order valence-corrected chi connectivity index (χ4v) is 2.58. The Bertz CT molecular complexity index is 527. The molecule has 17 heavy (non-hydrogen) atoms. The van der Waals surface area contributed by atoms with E-state index in [1.165, 1.54) is 0 Å². The summed E-state index contributed by atoms with van der Waals surface area (Å²) in [6.07, 6.45) is 0. The molecule has 0 saturated carbocycles. The van der Waals surface area contributed by atoms with Crippen molar-refractivity contribution in [2.24, 2.45) is 0 Å². The van der Waals surface area contributed by atoms with Crippen molar-refractivity contribution in [2.75, 3.05) is 20.1 Å². The fourth-order valence-electron chi connectivity index (χ4n) is 0.688. The standard InChI is InChI=1S/C3H10N2O9S3/c1-4(15(6,7)8)2-3-5(16(9,10)11)17(12,13)14/h2-3H2,1H3,(H,6,7,8)(H,9,10,11)(H,12,13,14). The van der Waals surface area contributed by atoms with Crippen molar-refractivity contribution in [3.63, 3.8) is 0 Å². The zero-order valence-corrected chi connectivity index (χ0v) is 10.8. The summed E-state index contributed by atoms with van der Waals surface area (Å²) < 4.78 is 88.0. The molecule has 0 radical (unpaired) electrons. The molecule has 0 atom stereocenters. The minimum Gasteiger partial charge on any atom is -0.273 e. The maximum Gasteiger partial charge on any atom is 0.351 e. The van der Waals surface area contributed by atoms with Crippen molar-refractivity contribution < 1.29 is 38.9 Å². The Morgan fingerprint density at radius 2 is 1.12 bits per heavy atom. The van der Waals surface area contributed by atoms with E-state index in [9.17, 15) is 25.3 Å². The molecule has 0 aromatic rings. The summed E-state index contributed by atoms with van der Waals surface area (Å²) in [5.41, 5.74) is 0. The highest BCUT2D eigenvalue weighted by Gasteiger charge is 2.31. The molecule has 0 bridgehead atoms. The van der Waals surface area contributed by atoms with Gasteiger partial charge in [-0.3, -0.25) is 13.7 Å². The highest BCUT2D eigenvalue weighted by atomic mass is 32.3. The molecular weight excluding hydrogens is 304 g/mol. The largest absolute Gasteiger partial charge is 0.351 e. The number of likely N-dealkylation sites (N-methyl/N-ethyl adjacent to an activating group) is 1. The third kappa shape index (κ3) is 5.68. The zero-order chi connectivity index (χ0) is 14.1. The van der Waals surface area contributed by atoms with E-state index in [0.29, 0.717) is 0 Å². The fraction of sp³-hybridized carbons (Fsp3) is 1.00. The lowest BCUT2D eigenvalue weighted by molar-refractivity contribution is 0.347. The van der Waals surface area contributed by atoms with Crippen LogP contribution in [-0.4, -0.2) is 67.1 Å². The Hall–Kier alpha value is -0.350. The molecule has 14 heteroatoms. The highest BCUT2D eigenvalue weighted by Crippen LogP contribution is 2.05. The average Bonchev–Trinajstić information content (AvgIpc) is 1.96. The maximum absolute atomic E-state index is 10.6. The van der Waals surface area contributed by atoms with Gasteiger partial charge in [0.25, 0.3) is 0 Å². The van der Waals surface area contributed by atoms with Gasteiger partial charge in [0.2, 0.25) is 0 Å². The van der Waals surface area contributed by atoms with Crippen LogP contribution in [0.4, 0.5) is 0 Å². The van der Waals surface area contributed by atoms with Gasteiger partial charge in [-0.25, -0.2) is 0 Å². The van der Waals surface area contributed by atoms with Gasteiger partial charge in [0.1, 0.15) is 0 Å². The van der Waals surface area contributed by atoms with Crippen LogP contribution in [-0.2, 0) is 30.9 Å². The molecular formula is C3H10N2O9S3. The molecule has 0 unspecified atom stereocenters. The second-order valence-corrected chi connectivity index (χ2v) is 7.17. The van der Waals surface area contributed by atoms with Crippen LogP contribution in [0.25, 0.3) is 0 Å². The van der Waals surface area contributed by atoms with Crippen LogP contribution in [0.3, 0.4) is 0 Å². The molecule has 11 nitrogen and oxygen atoms in total. The highest BCUT2D eigenvalue weighted by molar-refractivity contribution is 7.98. The normalized spacial score (nSPS) is 14.5. The smallest absolute Gasteiger partial charge is 0.273 e. The molecule has 0 saturated heterocycles. The van der Waals surface area contributed by atoms with E-state index in [0.717, 1.165) is 7.05 Å². The summed E-state index contributed by atoms with van der Waals surface area (Å²) in [7, 11) is -14.4. The van der Waals surface area contributed by atoms with Crippen molar-refractivity contribution in [3.05, 3.63) is 0 Å². The van der Waals surface area contributed by atoms with E-state index in [1.807, 2.05) is 0 Å². The van der Waals surface area contributed by atoms with Gasteiger partial charge in [-0.1, -0.05) is 0 Å². The average molecular weight is 314 g/mol. The Balaban J connectivity index is 4.98. The Kier molecular flexibility index (Phi) is 5.00. The van der Waals surface area contributed by atoms with Gasteiger partial charge in [0.15, 0.2) is 0 Å². The first-order chi connectivity index (χ1) is 7.26. The van der Waals surface area contributed by atoms with Crippen LogP contribution in [0, 0.1) is 0 Å². The van der Waals surface area contributed by atoms with E-state index < -0.39 is 47.7 Å². The quantitative estimate of drug-likeness (QED) is 0.453. The predicted molar refractivity (Wildman–Crippen MR) is 54.0 cm³/mol. The van der Waals surface area contributed by atoms with Crippen LogP contribution in [0.15, 0.2) is 0 Å². The minimum absolute atomic E-state index is 0.205. The van der Waals surface area contributed by atoms with E-state index in [2.05, 4.69) is 0 Å². The summed E-state index contributed by atoms with van der Waals surface area (Å²) in [5.74, 6) is 0. The summed E-state index contributed by atoms with van der Waals surface area (Å²) in [6, 6.07) is 0. The van der Waals surface area contributed by atoms with E-state index in [1.54, 1.807) is 0 Å². The number of rotatable bonds is 6. The summed E-state index contributed by atoms with van der Waals surface area (Å²) in [6.45, 7) is -1.91. The lowest BCUT2D eigenvalue weighted by Gasteiger charge is -2.17. The van der Waals surface area contributed by atoms with Crippen molar-refractivity contribution in [1.82, 2.24) is 8.02 Å². The minimum atomic E-state index is -5.27. The molecule has 3 N–H and O–H groups in total. The first-order valence-corrected chi connectivity index (χ1v) is 7.87. The topological polar surface area (TPSA) is 170 Å². The van der Waals surface area contributed by atoms with Crippen LogP contribution < -0.4 is 0 Å². The van der Waals surface area contributed by atoms with Gasteiger partial charge in [-0.2, -0.15) is 29.6 Å². The molecule has 104 valence electrons. The van der Waals surface area contributed by atoms with Gasteiger partial charge in [-0.15, -0.1) is 0 Å². The van der Waals surface area contributed by atoms with Crippen molar-refractivity contribution in [2.45, 2.75) is 0 Å². The van der Waals surface area contributed by atoms with Gasteiger partial charge in [0, 0.05) is 20.1 Å². The van der Waals surface area contributed by atoms with Crippen molar-refractivity contribution in [3.8, 4) is 0 Å². The first-order valence-electron chi connectivity index (χ1n) is 3.68. The summed E-state index contributed by atoms with van der Waals surface area (Å²) in [4.78, 5) is 0. The maximum atomic E-state index is 10.6. The molecule has 0 aromatic heterocycles. The van der Waals surface area contributed by atoms with Gasteiger partial charge in [-0.05, 0) is 3.71 Å². The molecule has 0 aliphatic heterocycles. The van der Waals surface area contributed by atoms with Crippen LogP contribution >= 0.6 is 0 Å². The molecule has 0 amide bonds. The molecule has 0 heterocycles. The lowest BCUT2D eigenvalue weighted by atomic mass is 10.7. The monoisotopic (exact) mass is 314 g/mol. The van der Waals surface area contributed by atoms with E-state index in [4.69, 9.17) is 13.7 Å². The van der Waals surface area contributed by atoms with Gasteiger partial charge < -0.3 is 0 Å². The van der Waals surface area contributed by atoms with Crippen LogP contribution in [0.5, 0.6) is 0 Å². The molecule has 0 spiro atoms. The molecule has 0 aromatic carbocycles. The molecule has 0 aliphatic carbocycles. The van der Waals surface area contributed by atoms with Crippen LogP contribution in [0.2, 0.25) is 0 Å². The molecule has 0 rings (SSSR count).